The van der Waals surface area contributed by atoms with Crippen LogP contribution in [0.15, 0.2) is 24.3 Å². The van der Waals surface area contributed by atoms with Gasteiger partial charge in [0, 0.05) is 0 Å². The van der Waals surface area contributed by atoms with Crippen LogP contribution < -0.4 is 0 Å². The standard InChI is InChI=1S/C20H36/c1-3-5-7-9-11-13-16-20-18-14-17-19(20)15-12-10-8-6-4-2/h10,12-13,16,19-20H,3-9,11,14-15,17-18H2,1-2H3/t19-,20-/m0/s1. The summed E-state index contributed by atoms with van der Waals surface area (Å²) in [5, 5.41) is 0. The Labute approximate surface area is 127 Å². The SMILES string of the molecule is CCCCC=CC[C@H]1CCC[C@@H]1C=CCCCCCC. The number of allylic oxidation sites excluding steroid dienone is 4. The normalized spacial score (nSPS) is 23.3. The van der Waals surface area contributed by atoms with Gasteiger partial charge in [0.2, 0.25) is 0 Å². The summed E-state index contributed by atoms with van der Waals surface area (Å²) in [4.78, 5) is 0. The zero-order valence-corrected chi connectivity index (χ0v) is 13.9. The minimum absolute atomic E-state index is 0.872. The molecule has 20 heavy (non-hydrogen) atoms. The Kier molecular flexibility index (Phi) is 10.7. The highest BCUT2D eigenvalue weighted by Crippen LogP contribution is 2.35. The Morgan fingerprint density at radius 1 is 0.800 bits per heavy atom. The van der Waals surface area contributed by atoms with Gasteiger partial charge in [-0.05, 0) is 50.4 Å². The first-order chi connectivity index (χ1) is 9.88. The summed E-state index contributed by atoms with van der Waals surface area (Å²) >= 11 is 0. The zero-order chi connectivity index (χ0) is 14.5. The molecule has 1 aliphatic carbocycles. The van der Waals surface area contributed by atoms with E-state index in [0.717, 1.165) is 11.8 Å². The summed E-state index contributed by atoms with van der Waals surface area (Å²) in [6, 6.07) is 0. The van der Waals surface area contributed by atoms with Gasteiger partial charge in [-0.1, -0.05) is 76.7 Å². The number of hydrogen-bond acceptors (Lipinski definition) is 0. The minimum atomic E-state index is 0.872. The molecular formula is C20H36. The molecule has 0 amide bonds. The van der Waals surface area contributed by atoms with E-state index in [1.807, 2.05) is 0 Å². The molecule has 0 aromatic rings. The first kappa shape index (κ1) is 17.5. The maximum Gasteiger partial charge on any atom is -0.0202 e. The third-order valence-corrected chi connectivity index (χ3v) is 4.66. The van der Waals surface area contributed by atoms with Crippen LogP contribution in [0.25, 0.3) is 0 Å². The maximum absolute atomic E-state index is 2.55. The first-order valence-electron chi connectivity index (χ1n) is 9.20. The molecule has 0 aromatic carbocycles. The van der Waals surface area contributed by atoms with Crippen LogP contribution in [0.1, 0.15) is 90.9 Å². The van der Waals surface area contributed by atoms with E-state index in [4.69, 9.17) is 0 Å². The number of hydrogen-bond donors (Lipinski definition) is 0. The summed E-state index contributed by atoms with van der Waals surface area (Å²) < 4.78 is 0. The molecule has 0 nitrogen and oxygen atoms in total. The van der Waals surface area contributed by atoms with E-state index >= 15 is 0 Å². The highest BCUT2D eigenvalue weighted by atomic mass is 14.3. The number of unbranched alkanes of at least 4 members (excludes halogenated alkanes) is 6. The van der Waals surface area contributed by atoms with Crippen molar-refractivity contribution in [3.05, 3.63) is 24.3 Å². The topological polar surface area (TPSA) is 0 Å². The van der Waals surface area contributed by atoms with Crippen LogP contribution in [0.4, 0.5) is 0 Å². The molecule has 1 rings (SSSR count). The van der Waals surface area contributed by atoms with Crippen molar-refractivity contribution < 1.29 is 0 Å². The van der Waals surface area contributed by atoms with Crippen LogP contribution in [0.5, 0.6) is 0 Å². The van der Waals surface area contributed by atoms with Gasteiger partial charge in [-0.15, -0.1) is 0 Å². The molecule has 1 saturated carbocycles. The van der Waals surface area contributed by atoms with Crippen molar-refractivity contribution >= 4 is 0 Å². The summed E-state index contributed by atoms with van der Waals surface area (Å²) in [7, 11) is 0. The highest BCUT2D eigenvalue weighted by molar-refractivity contribution is 4.97. The van der Waals surface area contributed by atoms with Crippen LogP contribution in [0.2, 0.25) is 0 Å². The number of rotatable bonds is 11. The van der Waals surface area contributed by atoms with Gasteiger partial charge in [0.15, 0.2) is 0 Å². The second-order valence-electron chi connectivity index (χ2n) is 6.48. The van der Waals surface area contributed by atoms with Gasteiger partial charge in [0.05, 0.1) is 0 Å². The average molecular weight is 277 g/mol. The molecule has 0 bridgehead atoms. The Balaban J connectivity index is 2.16. The predicted octanol–water partition coefficient (Wildman–Crippen LogP) is 7.07. The summed E-state index contributed by atoms with van der Waals surface area (Å²) in [6.45, 7) is 4.55. The molecule has 0 heteroatoms. The molecule has 2 atom stereocenters. The van der Waals surface area contributed by atoms with Crippen LogP contribution in [-0.2, 0) is 0 Å². The molecule has 0 heterocycles. The lowest BCUT2D eigenvalue weighted by molar-refractivity contribution is 0.462. The van der Waals surface area contributed by atoms with E-state index in [9.17, 15) is 0 Å². The van der Waals surface area contributed by atoms with E-state index < -0.39 is 0 Å². The fourth-order valence-electron chi connectivity index (χ4n) is 3.28. The van der Waals surface area contributed by atoms with Gasteiger partial charge in [-0.2, -0.15) is 0 Å². The molecule has 116 valence electrons. The summed E-state index contributed by atoms with van der Waals surface area (Å²) in [5.41, 5.74) is 0. The second kappa shape index (κ2) is 12.2. The van der Waals surface area contributed by atoms with E-state index in [0.29, 0.717) is 0 Å². The molecule has 1 fully saturated rings. The Morgan fingerprint density at radius 3 is 2.40 bits per heavy atom. The lowest BCUT2D eigenvalue weighted by atomic mass is 9.92. The van der Waals surface area contributed by atoms with Crippen molar-refractivity contribution in [1.82, 2.24) is 0 Å². The highest BCUT2D eigenvalue weighted by Gasteiger charge is 2.23. The van der Waals surface area contributed by atoms with E-state index in [-0.39, 0.29) is 0 Å². The zero-order valence-electron chi connectivity index (χ0n) is 13.9. The van der Waals surface area contributed by atoms with Crippen molar-refractivity contribution in [3.63, 3.8) is 0 Å². The fourth-order valence-corrected chi connectivity index (χ4v) is 3.28. The Bertz CT molecular complexity index is 261. The average Bonchev–Trinajstić information content (AvgIpc) is 2.90. The predicted molar refractivity (Wildman–Crippen MR) is 92.0 cm³/mol. The summed E-state index contributed by atoms with van der Waals surface area (Å²) in [5.74, 6) is 1.80. The van der Waals surface area contributed by atoms with Crippen LogP contribution in [0.3, 0.4) is 0 Å². The van der Waals surface area contributed by atoms with Crippen LogP contribution in [0, 0.1) is 11.8 Å². The molecular weight excluding hydrogens is 240 g/mol. The monoisotopic (exact) mass is 276 g/mol. The lowest BCUT2D eigenvalue weighted by Gasteiger charge is -2.14. The fraction of sp³-hybridized carbons (Fsp3) is 0.800. The minimum Gasteiger partial charge on any atom is -0.0885 e. The quantitative estimate of drug-likeness (QED) is 0.280. The van der Waals surface area contributed by atoms with Crippen molar-refractivity contribution in [2.75, 3.05) is 0 Å². The maximum atomic E-state index is 2.55. The van der Waals surface area contributed by atoms with Gasteiger partial charge < -0.3 is 0 Å². The van der Waals surface area contributed by atoms with Gasteiger partial charge in [0.25, 0.3) is 0 Å². The largest absolute Gasteiger partial charge is 0.0885 e. The molecule has 0 N–H and O–H groups in total. The third-order valence-electron chi connectivity index (χ3n) is 4.66. The van der Waals surface area contributed by atoms with E-state index in [1.54, 1.807) is 0 Å². The molecule has 0 saturated heterocycles. The Hall–Kier alpha value is -0.520. The Morgan fingerprint density at radius 2 is 1.60 bits per heavy atom. The van der Waals surface area contributed by atoms with Gasteiger partial charge in [-0.25, -0.2) is 0 Å². The third kappa shape index (κ3) is 7.92. The second-order valence-corrected chi connectivity index (χ2v) is 6.48. The molecule has 0 aromatic heterocycles. The molecule has 0 spiro atoms. The smallest absolute Gasteiger partial charge is 0.0202 e. The lowest BCUT2D eigenvalue weighted by Crippen LogP contribution is -2.03. The molecule has 0 aliphatic heterocycles. The van der Waals surface area contributed by atoms with Gasteiger partial charge in [-0.3, -0.25) is 0 Å². The van der Waals surface area contributed by atoms with Gasteiger partial charge in [0.1, 0.15) is 0 Å². The molecule has 0 radical (unpaired) electrons. The van der Waals surface area contributed by atoms with Crippen molar-refractivity contribution in [2.45, 2.75) is 90.9 Å². The van der Waals surface area contributed by atoms with Crippen molar-refractivity contribution in [1.29, 1.82) is 0 Å². The van der Waals surface area contributed by atoms with Gasteiger partial charge >= 0.3 is 0 Å². The van der Waals surface area contributed by atoms with Crippen molar-refractivity contribution in [2.24, 2.45) is 11.8 Å². The van der Waals surface area contributed by atoms with E-state index in [2.05, 4.69) is 38.2 Å². The molecule has 0 unspecified atom stereocenters. The first-order valence-corrected chi connectivity index (χ1v) is 9.20. The van der Waals surface area contributed by atoms with Crippen molar-refractivity contribution in [3.8, 4) is 0 Å². The summed E-state index contributed by atoms with van der Waals surface area (Å²) in [6.07, 6.45) is 26.3. The van der Waals surface area contributed by atoms with Crippen LogP contribution in [-0.4, -0.2) is 0 Å². The van der Waals surface area contributed by atoms with E-state index in [1.165, 1.54) is 77.0 Å². The van der Waals surface area contributed by atoms with Crippen LogP contribution >= 0.6 is 0 Å². The molecule has 1 aliphatic rings.